The molecule has 1 fully saturated rings. The predicted molar refractivity (Wildman–Crippen MR) is 107 cm³/mol. The zero-order valence-electron chi connectivity index (χ0n) is 16.4. The highest BCUT2D eigenvalue weighted by Crippen LogP contribution is 2.31. The molecule has 6 nitrogen and oxygen atoms in total. The molecule has 1 aliphatic heterocycles. The molecule has 2 atom stereocenters. The topological polar surface area (TPSA) is 63.1 Å². The number of urea groups is 1. The van der Waals surface area contributed by atoms with E-state index >= 15 is 0 Å². The van der Waals surface area contributed by atoms with E-state index in [4.69, 9.17) is 11.6 Å². The second-order valence-electron chi connectivity index (χ2n) is 7.65. The molecular weight excluding hydrogens is 362 g/mol. The Hall–Kier alpha value is -2.08. The van der Waals surface area contributed by atoms with Gasteiger partial charge in [-0.25, -0.2) is 4.79 Å². The number of nitrogens with zero attached hydrogens (tertiary/aromatic N) is 4. The molecule has 2 heterocycles. The molecule has 1 aromatic carbocycles. The van der Waals surface area contributed by atoms with Gasteiger partial charge in [0.15, 0.2) is 5.82 Å². The lowest BCUT2D eigenvalue weighted by Crippen LogP contribution is -2.45. The summed E-state index contributed by atoms with van der Waals surface area (Å²) < 4.78 is 2.10. The fraction of sp³-hybridized carbons (Fsp3) is 0.550. The van der Waals surface area contributed by atoms with Crippen molar-refractivity contribution in [3.8, 4) is 0 Å². The van der Waals surface area contributed by atoms with Gasteiger partial charge >= 0.3 is 6.03 Å². The first-order valence-corrected chi connectivity index (χ1v) is 9.96. The Morgan fingerprint density at radius 3 is 2.63 bits per heavy atom. The van der Waals surface area contributed by atoms with Gasteiger partial charge in [0.25, 0.3) is 0 Å². The van der Waals surface area contributed by atoms with Gasteiger partial charge in [0.1, 0.15) is 5.82 Å². The van der Waals surface area contributed by atoms with Crippen LogP contribution in [0.4, 0.5) is 4.79 Å². The Morgan fingerprint density at radius 2 is 1.96 bits per heavy atom. The molecule has 1 aliphatic rings. The first kappa shape index (κ1) is 19.7. The summed E-state index contributed by atoms with van der Waals surface area (Å²) in [4.78, 5) is 14.7. The molecule has 1 saturated heterocycles. The summed E-state index contributed by atoms with van der Waals surface area (Å²) in [6.45, 7) is 9.62. The minimum Gasteiger partial charge on any atom is -0.335 e. The number of hydrogen-bond acceptors (Lipinski definition) is 3. The van der Waals surface area contributed by atoms with Gasteiger partial charge in [-0.15, -0.1) is 10.2 Å². The summed E-state index contributed by atoms with van der Waals surface area (Å²) in [5, 5.41) is 12.5. The van der Waals surface area contributed by atoms with Crippen LogP contribution in [0, 0.1) is 12.8 Å². The molecule has 1 aromatic heterocycles. The van der Waals surface area contributed by atoms with Crippen molar-refractivity contribution in [3.05, 3.63) is 46.5 Å². The van der Waals surface area contributed by atoms with Crippen LogP contribution in [0.3, 0.4) is 0 Å². The van der Waals surface area contributed by atoms with Gasteiger partial charge in [-0.1, -0.05) is 37.6 Å². The molecule has 2 aromatic rings. The second kappa shape index (κ2) is 8.30. The summed E-state index contributed by atoms with van der Waals surface area (Å²) in [6.07, 6.45) is 1.88. The van der Waals surface area contributed by atoms with Gasteiger partial charge < -0.3 is 14.8 Å². The molecular formula is C20H28ClN5O. The Kier molecular flexibility index (Phi) is 6.05. The van der Waals surface area contributed by atoms with E-state index in [0.29, 0.717) is 12.5 Å². The molecule has 0 spiro atoms. The van der Waals surface area contributed by atoms with Crippen molar-refractivity contribution in [2.45, 2.75) is 59.2 Å². The zero-order valence-corrected chi connectivity index (χ0v) is 17.2. The summed E-state index contributed by atoms with van der Waals surface area (Å²) >= 11 is 5.99. The molecule has 0 saturated carbocycles. The standard InChI is InChI=1S/C20H28ClN5O/c1-13(2)14(3)22-20(27)25-11-5-6-18(25)19-24-23-15(4)26(19)12-16-7-9-17(21)10-8-16/h7-10,13-14,18H,5-6,11-12H2,1-4H3,(H,22,27)/t14-,18+/m0/s1. The molecule has 3 rings (SSSR count). The summed E-state index contributed by atoms with van der Waals surface area (Å²) in [7, 11) is 0. The fourth-order valence-corrected chi connectivity index (χ4v) is 3.46. The normalized spacial score (nSPS) is 18.1. The van der Waals surface area contributed by atoms with Crippen LogP contribution >= 0.6 is 11.6 Å². The van der Waals surface area contributed by atoms with Crippen molar-refractivity contribution in [3.63, 3.8) is 0 Å². The molecule has 0 radical (unpaired) electrons. The maximum absolute atomic E-state index is 12.8. The van der Waals surface area contributed by atoms with Gasteiger partial charge in [-0.2, -0.15) is 0 Å². The van der Waals surface area contributed by atoms with E-state index < -0.39 is 0 Å². The number of aromatic nitrogens is 3. The van der Waals surface area contributed by atoms with E-state index in [0.717, 1.165) is 41.6 Å². The Balaban J connectivity index is 1.81. The summed E-state index contributed by atoms with van der Waals surface area (Å²) in [5.41, 5.74) is 1.13. The first-order chi connectivity index (χ1) is 12.9. The number of likely N-dealkylation sites (tertiary alicyclic amines) is 1. The maximum Gasteiger partial charge on any atom is 0.318 e. The van der Waals surface area contributed by atoms with E-state index in [1.807, 2.05) is 43.0 Å². The van der Waals surface area contributed by atoms with Crippen molar-refractivity contribution in [2.75, 3.05) is 6.54 Å². The van der Waals surface area contributed by atoms with Crippen LogP contribution in [0.25, 0.3) is 0 Å². The lowest BCUT2D eigenvalue weighted by Gasteiger charge is -2.28. The van der Waals surface area contributed by atoms with Crippen LogP contribution in [0.15, 0.2) is 24.3 Å². The first-order valence-electron chi connectivity index (χ1n) is 9.58. The van der Waals surface area contributed by atoms with Crippen LogP contribution in [0.5, 0.6) is 0 Å². The van der Waals surface area contributed by atoms with E-state index in [1.54, 1.807) is 0 Å². The summed E-state index contributed by atoms with van der Waals surface area (Å²) in [6, 6.07) is 7.87. The molecule has 0 unspecified atom stereocenters. The number of hydrogen-bond donors (Lipinski definition) is 1. The van der Waals surface area contributed by atoms with Crippen molar-refractivity contribution in [1.29, 1.82) is 0 Å². The Labute approximate surface area is 165 Å². The number of rotatable bonds is 5. The van der Waals surface area contributed by atoms with Crippen LogP contribution in [-0.4, -0.2) is 38.3 Å². The van der Waals surface area contributed by atoms with Crippen LogP contribution in [0.1, 0.15) is 56.9 Å². The number of carbonyl (C=O) groups is 1. The number of benzene rings is 1. The third-order valence-electron chi connectivity index (χ3n) is 5.38. The average molecular weight is 390 g/mol. The van der Waals surface area contributed by atoms with Gasteiger partial charge in [0.05, 0.1) is 12.6 Å². The number of aryl methyl sites for hydroxylation is 1. The highest BCUT2D eigenvalue weighted by atomic mass is 35.5. The highest BCUT2D eigenvalue weighted by Gasteiger charge is 2.34. The second-order valence-corrected chi connectivity index (χ2v) is 8.09. The van der Waals surface area contributed by atoms with Crippen LogP contribution in [-0.2, 0) is 6.54 Å². The Bertz CT molecular complexity index is 786. The molecule has 146 valence electrons. The lowest BCUT2D eigenvalue weighted by molar-refractivity contribution is 0.183. The minimum atomic E-state index is -0.0436. The fourth-order valence-electron chi connectivity index (χ4n) is 3.33. The molecule has 0 aliphatic carbocycles. The molecule has 2 amide bonds. The minimum absolute atomic E-state index is 0.0163. The van der Waals surface area contributed by atoms with Crippen LogP contribution < -0.4 is 5.32 Å². The third kappa shape index (κ3) is 4.43. The molecule has 27 heavy (non-hydrogen) atoms. The molecule has 1 N–H and O–H groups in total. The van der Waals surface area contributed by atoms with Crippen molar-refractivity contribution in [1.82, 2.24) is 25.0 Å². The van der Waals surface area contributed by atoms with E-state index in [1.165, 1.54) is 0 Å². The van der Waals surface area contributed by atoms with Crippen molar-refractivity contribution >= 4 is 17.6 Å². The van der Waals surface area contributed by atoms with E-state index in [2.05, 4.69) is 33.9 Å². The molecule has 7 heteroatoms. The Morgan fingerprint density at radius 1 is 1.26 bits per heavy atom. The number of carbonyl (C=O) groups excluding carboxylic acids is 1. The predicted octanol–water partition coefficient (Wildman–Crippen LogP) is 4.18. The van der Waals surface area contributed by atoms with Gasteiger partial charge in [0.2, 0.25) is 0 Å². The average Bonchev–Trinajstić information content (AvgIpc) is 3.24. The SMILES string of the molecule is Cc1nnc([C@H]2CCCN2C(=O)N[C@@H](C)C(C)C)n1Cc1ccc(Cl)cc1. The maximum atomic E-state index is 12.8. The lowest BCUT2D eigenvalue weighted by atomic mass is 10.1. The van der Waals surface area contributed by atoms with Gasteiger partial charge in [-0.3, -0.25) is 0 Å². The number of halogens is 1. The van der Waals surface area contributed by atoms with Crippen molar-refractivity contribution < 1.29 is 4.79 Å². The quantitative estimate of drug-likeness (QED) is 0.834. The summed E-state index contributed by atoms with van der Waals surface area (Å²) in [5.74, 6) is 2.10. The van der Waals surface area contributed by atoms with Crippen LogP contribution in [0.2, 0.25) is 5.02 Å². The van der Waals surface area contributed by atoms with E-state index in [-0.39, 0.29) is 18.1 Å². The largest absolute Gasteiger partial charge is 0.335 e. The highest BCUT2D eigenvalue weighted by molar-refractivity contribution is 6.30. The van der Waals surface area contributed by atoms with E-state index in [9.17, 15) is 4.79 Å². The number of nitrogens with one attached hydrogen (secondary N) is 1. The third-order valence-corrected chi connectivity index (χ3v) is 5.63. The smallest absolute Gasteiger partial charge is 0.318 e. The zero-order chi connectivity index (χ0) is 19.6. The monoisotopic (exact) mass is 389 g/mol. The molecule has 0 bridgehead atoms. The van der Waals surface area contributed by atoms with Gasteiger partial charge in [-0.05, 0) is 50.3 Å². The van der Waals surface area contributed by atoms with Gasteiger partial charge in [0, 0.05) is 17.6 Å². The number of amides is 2. The van der Waals surface area contributed by atoms with Crippen molar-refractivity contribution in [2.24, 2.45) is 5.92 Å².